The smallest absolute Gasteiger partial charge is 0.331 e. The number of ether oxygens (including phenoxy) is 2. The average Bonchev–Trinajstić information content (AvgIpc) is 2.66. The Bertz CT molecular complexity index is 850. The molecule has 0 aliphatic heterocycles. The van der Waals surface area contributed by atoms with Crippen molar-refractivity contribution in [3.8, 4) is 11.5 Å². The fourth-order valence-electron chi connectivity index (χ4n) is 2.33. The van der Waals surface area contributed by atoms with Gasteiger partial charge in [-0.3, -0.25) is 4.79 Å². The summed E-state index contributed by atoms with van der Waals surface area (Å²) in [6, 6.07) is 11.5. The van der Waals surface area contributed by atoms with Crippen molar-refractivity contribution in [2.24, 2.45) is 0 Å². The lowest BCUT2D eigenvalue weighted by Gasteiger charge is -2.15. The summed E-state index contributed by atoms with van der Waals surface area (Å²) in [6.45, 7) is 1.38. The van der Waals surface area contributed by atoms with Gasteiger partial charge in [-0.25, -0.2) is 4.79 Å². The zero-order valence-electron chi connectivity index (χ0n) is 14.9. The molecule has 0 saturated carbocycles. The summed E-state index contributed by atoms with van der Waals surface area (Å²) in [6.07, 6.45) is 2.69. The first-order valence-electron chi connectivity index (χ1n) is 8.16. The van der Waals surface area contributed by atoms with E-state index < -0.39 is 18.5 Å². The molecule has 0 unspecified atom stereocenters. The molecule has 6 nitrogen and oxygen atoms in total. The van der Waals surface area contributed by atoms with Crippen LogP contribution in [0.2, 0.25) is 5.02 Å². The third-order valence-electron chi connectivity index (χ3n) is 3.71. The minimum Gasteiger partial charge on any atom is -0.504 e. The Labute approximate surface area is 162 Å². The van der Waals surface area contributed by atoms with Crippen LogP contribution in [0.4, 0.5) is 0 Å². The van der Waals surface area contributed by atoms with Gasteiger partial charge in [0.1, 0.15) is 0 Å². The van der Waals surface area contributed by atoms with Crippen molar-refractivity contribution in [2.45, 2.75) is 13.0 Å². The van der Waals surface area contributed by atoms with Crippen LogP contribution in [0.3, 0.4) is 0 Å². The summed E-state index contributed by atoms with van der Waals surface area (Å²) >= 11 is 6.09. The molecule has 0 aliphatic carbocycles. The first-order valence-corrected chi connectivity index (χ1v) is 8.54. The lowest BCUT2D eigenvalue weighted by Crippen LogP contribution is -2.31. The molecule has 1 amide bonds. The molecule has 2 aromatic rings. The SMILES string of the molecule is COc1cc(/C=C/C(=O)OCC(=O)N[C@H](C)c2ccccc2Cl)ccc1O. The minimum atomic E-state index is -0.664. The lowest BCUT2D eigenvalue weighted by atomic mass is 10.1. The van der Waals surface area contributed by atoms with E-state index in [1.54, 1.807) is 31.2 Å². The molecule has 142 valence electrons. The average molecular weight is 390 g/mol. The molecule has 27 heavy (non-hydrogen) atoms. The molecule has 2 aromatic carbocycles. The van der Waals surface area contributed by atoms with Gasteiger partial charge in [0.15, 0.2) is 18.1 Å². The highest BCUT2D eigenvalue weighted by Crippen LogP contribution is 2.26. The van der Waals surface area contributed by atoms with Crippen LogP contribution < -0.4 is 10.1 Å². The van der Waals surface area contributed by atoms with Crippen LogP contribution in [-0.2, 0) is 14.3 Å². The molecule has 0 aliphatic rings. The first-order chi connectivity index (χ1) is 12.9. The molecular weight excluding hydrogens is 370 g/mol. The number of phenols is 1. The van der Waals surface area contributed by atoms with E-state index in [-0.39, 0.29) is 11.8 Å². The van der Waals surface area contributed by atoms with Crippen LogP contribution in [0, 0.1) is 0 Å². The van der Waals surface area contributed by atoms with Gasteiger partial charge in [0.25, 0.3) is 5.91 Å². The Morgan fingerprint density at radius 2 is 2.00 bits per heavy atom. The number of phenolic OH excluding ortho intramolecular Hbond substituents is 1. The molecule has 7 heteroatoms. The standard InChI is InChI=1S/C20H20ClNO5/c1-13(15-5-3-4-6-16(15)21)22-19(24)12-27-20(25)10-8-14-7-9-17(23)18(11-14)26-2/h3-11,13,23H,12H2,1-2H3,(H,22,24)/b10-8+/t13-/m1/s1. The summed E-state index contributed by atoms with van der Waals surface area (Å²) in [5.74, 6) is -0.807. The maximum atomic E-state index is 11.9. The van der Waals surface area contributed by atoms with Gasteiger partial charge in [-0.1, -0.05) is 35.9 Å². The number of carbonyl (C=O) groups excluding carboxylic acids is 2. The number of halogens is 1. The van der Waals surface area contributed by atoms with Gasteiger partial charge in [-0.15, -0.1) is 0 Å². The second kappa shape index (κ2) is 9.64. The van der Waals surface area contributed by atoms with E-state index in [0.29, 0.717) is 16.3 Å². The number of amides is 1. The Balaban J connectivity index is 1.84. The number of esters is 1. The van der Waals surface area contributed by atoms with E-state index in [1.807, 2.05) is 12.1 Å². The zero-order chi connectivity index (χ0) is 19.8. The van der Waals surface area contributed by atoms with Gasteiger partial charge in [-0.05, 0) is 42.3 Å². The van der Waals surface area contributed by atoms with Crippen molar-refractivity contribution in [1.29, 1.82) is 0 Å². The Morgan fingerprint density at radius 1 is 1.26 bits per heavy atom. The van der Waals surface area contributed by atoms with Crippen molar-refractivity contribution >= 4 is 29.6 Å². The minimum absolute atomic E-state index is 0.00142. The van der Waals surface area contributed by atoms with Crippen LogP contribution in [-0.4, -0.2) is 30.7 Å². The zero-order valence-corrected chi connectivity index (χ0v) is 15.7. The molecule has 0 spiro atoms. The molecule has 0 aromatic heterocycles. The monoisotopic (exact) mass is 389 g/mol. The summed E-state index contributed by atoms with van der Waals surface area (Å²) in [5, 5.41) is 12.8. The Hall–Kier alpha value is -2.99. The van der Waals surface area contributed by atoms with E-state index >= 15 is 0 Å². The fraction of sp³-hybridized carbons (Fsp3) is 0.200. The molecule has 0 saturated heterocycles. The number of hydrogen-bond acceptors (Lipinski definition) is 5. The van der Waals surface area contributed by atoms with Crippen LogP contribution in [0.15, 0.2) is 48.5 Å². The van der Waals surface area contributed by atoms with Crippen LogP contribution >= 0.6 is 11.6 Å². The molecular formula is C20H20ClNO5. The first kappa shape index (κ1) is 20.3. The van der Waals surface area contributed by atoms with Crippen molar-refractivity contribution in [1.82, 2.24) is 5.32 Å². The van der Waals surface area contributed by atoms with Gasteiger partial charge in [0.05, 0.1) is 13.2 Å². The van der Waals surface area contributed by atoms with E-state index in [0.717, 1.165) is 5.56 Å². The van der Waals surface area contributed by atoms with E-state index in [2.05, 4.69) is 5.32 Å². The molecule has 0 heterocycles. The molecule has 2 rings (SSSR count). The topological polar surface area (TPSA) is 84.9 Å². The summed E-state index contributed by atoms with van der Waals surface area (Å²) in [5.41, 5.74) is 1.42. The number of nitrogens with one attached hydrogen (secondary N) is 1. The quantitative estimate of drug-likeness (QED) is 0.559. The summed E-state index contributed by atoms with van der Waals surface area (Å²) < 4.78 is 9.91. The van der Waals surface area contributed by atoms with Crippen LogP contribution in [0.1, 0.15) is 24.1 Å². The number of hydrogen-bond donors (Lipinski definition) is 2. The third kappa shape index (κ3) is 6.04. The highest BCUT2D eigenvalue weighted by atomic mass is 35.5. The number of rotatable bonds is 7. The van der Waals surface area contributed by atoms with Crippen LogP contribution in [0.25, 0.3) is 6.08 Å². The highest BCUT2D eigenvalue weighted by Gasteiger charge is 2.13. The predicted molar refractivity (Wildman–Crippen MR) is 103 cm³/mol. The van der Waals surface area contributed by atoms with Gasteiger partial charge < -0.3 is 19.9 Å². The number of carbonyl (C=O) groups is 2. The molecule has 0 radical (unpaired) electrons. The highest BCUT2D eigenvalue weighted by molar-refractivity contribution is 6.31. The van der Waals surface area contributed by atoms with Gasteiger partial charge in [0.2, 0.25) is 0 Å². The van der Waals surface area contributed by atoms with Crippen molar-refractivity contribution in [2.75, 3.05) is 13.7 Å². The number of aromatic hydroxyl groups is 1. The van der Waals surface area contributed by atoms with Crippen molar-refractivity contribution in [3.63, 3.8) is 0 Å². The Kier molecular flexibility index (Phi) is 7.25. The Morgan fingerprint density at radius 3 is 2.70 bits per heavy atom. The summed E-state index contributed by atoms with van der Waals surface area (Å²) in [4.78, 5) is 23.7. The van der Waals surface area contributed by atoms with Gasteiger partial charge in [-0.2, -0.15) is 0 Å². The van der Waals surface area contributed by atoms with E-state index in [9.17, 15) is 14.7 Å². The van der Waals surface area contributed by atoms with Gasteiger partial charge in [0, 0.05) is 11.1 Å². The number of benzene rings is 2. The van der Waals surface area contributed by atoms with Crippen LogP contribution in [0.5, 0.6) is 11.5 Å². The summed E-state index contributed by atoms with van der Waals surface area (Å²) in [7, 11) is 1.43. The molecule has 0 bridgehead atoms. The molecule has 1 atom stereocenters. The molecule has 0 fully saturated rings. The maximum absolute atomic E-state index is 11.9. The fourth-order valence-corrected chi connectivity index (χ4v) is 2.63. The third-order valence-corrected chi connectivity index (χ3v) is 4.05. The normalized spacial score (nSPS) is 11.8. The van der Waals surface area contributed by atoms with Crippen molar-refractivity contribution < 1.29 is 24.2 Å². The van der Waals surface area contributed by atoms with Gasteiger partial charge >= 0.3 is 5.97 Å². The van der Waals surface area contributed by atoms with E-state index in [1.165, 1.54) is 25.3 Å². The molecule has 2 N–H and O–H groups in total. The van der Waals surface area contributed by atoms with E-state index in [4.69, 9.17) is 21.1 Å². The lowest BCUT2D eigenvalue weighted by molar-refractivity contribution is -0.144. The maximum Gasteiger partial charge on any atom is 0.331 e. The number of methoxy groups -OCH3 is 1. The largest absolute Gasteiger partial charge is 0.504 e. The second-order valence-corrected chi connectivity index (χ2v) is 6.09. The second-order valence-electron chi connectivity index (χ2n) is 5.68. The van der Waals surface area contributed by atoms with Crippen molar-refractivity contribution in [3.05, 3.63) is 64.7 Å². The predicted octanol–water partition coefficient (Wildman–Crippen LogP) is 3.49.